The highest BCUT2D eigenvalue weighted by Gasteiger charge is 2.09. The van der Waals surface area contributed by atoms with E-state index in [9.17, 15) is 0 Å². The molecule has 0 spiro atoms. The fourth-order valence-corrected chi connectivity index (χ4v) is 1.75. The number of pyridine rings is 1. The van der Waals surface area contributed by atoms with E-state index in [0.29, 0.717) is 5.75 Å². The fraction of sp³-hybridized carbons (Fsp3) is 0.0769. The predicted molar refractivity (Wildman–Crippen MR) is 72.6 cm³/mol. The SMILES string of the molecule is COc1nc(N)nc(Oc2cccc3ncccc23)n1. The van der Waals surface area contributed by atoms with Crippen molar-refractivity contribution in [1.82, 2.24) is 19.9 Å². The Kier molecular flexibility index (Phi) is 3.00. The molecule has 0 amide bonds. The monoisotopic (exact) mass is 269 g/mol. The highest BCUT2D eigenvalue weighted by Crippen LogP contribution is 2.27. The summed E-state index contributed by atoms with van der Waals surface area (Å²) in [5, 5.41) is 0.855. The number of nitrogen functional groups attached to an aromatic ring is 1. The molecule has 0 bridgehead atoms. The van der Waals surface area contributed by atoms with E-state index < -0.39 is 0 Å². The smallest absolute Gasteiger partial charge is 0.330 e. The molecule has 0 saturated carbocycles. The van der Waals surface area contributed by atoms with Gasteiger partial charge in [0.05, 0.1) is 12.6 Å². The second-order valence-corrected chi connectivity index (χ2v) is 3.89. The first-order valence-corrected chi connectivity index (χ1v) is 5.83. The van der Waals surface area contributed by atoms with Crippen molar-refractivity contribution in [3.8, 4) is 17.8 Å². The lowest BCUT2D eigenvalue weighted by atomic mass is 10.2. The number of anilines is 1. The van der Waals surface area contributed by atoms with Crippen LogP contribution in [0.25, 0.3) is 10.9 Å². The van der Waals surface area contributed by atoms with Gasteiger partial charge in [0.15, 0.2) is 0 Å². The molecule has 7 nitrogen and oxygen atoms in total. The molecule has 0 aliphatic carbocycles. The standard InChI is InChI=1S/C13H11N5O2/c1-19-12-16-11(14)17-13(18-12)20-10-6-2-5-9-8(10)4-3-7-15-9/h2-7H,1H3,(H2,14,16,17,18). The van der Waals surface area contributed by atoms with E-state index in [2.05, 4.69) is 19.9 Å². The molecule has 20 heavy (non-hydrogen) atoms. The average molecular weight is 269 g/mol. The molecule has 2 heterocycles. The number of hydrogen-bond donors (Lipinski definition) is 1. The van der Waals surface area contributed by atoms with Crippen LogP contribution in [0, 0.1) is 0 Å². The van der Waals surface area contributed by atoms with Gasteiger partial charge in [0.25, 0.3) is 0 Å². The Morgan fingerprint density at radius 2 is 1.85 bits per heavy atom. The highest BCUT2D eigenvalue weighted by atomic mass is 16.5. The Labute approximate surface area is 114 Å². The van der Waals surface area contributed by atoms with Gasteiger partial charge in [-0.25, -0.2) is 0 Å². The van der Waals surface area contributed by atoms with Crippen LogP contribution in [0.1, 0.15) is 0 Å². The van der Waals surface area contributed by atoms with Crippen molar-refractivity contribution in [2.45, 2.75) is 0 Å². The van der Waals surface area contributed by atoms with E-state index in [0.717, 1.165) is 10.9 Å². The van der Waals surface area contributed by atoms with Gasteiger partial charge < -0.3 is 15.2 Å². The van der Waals surface area contributed by atoms with E-state index in [-0.39, 0.29) is 18.0 Å². The van der Waals surface area contributed by atoms with Crippen molar-refractivity contribution in [1.29, 1.82) is 0 Å². The maximum absolute atomic E-state index is 5.65. The third kappa shape index (κ3) is 2.28. The van der Waals surface area contributed by atoms with Crippen molar-refractivity contribution >= 4 is 16.9 Å². The molecule has 1 aromatic carbocycles. The zero-order chi connectivity index (χ0) is 13.9. The van der Waals surface area contributed by atoms with Crippen molar-refractivity contribution in [3.05, 3.63) is 36.5 Å². The van der Waals surface area contributed by atoms with Crippen LogP contribution >= 0.6 is 0 Å². The summed E-state index contributed by atoms with van der Waals surface area (Å²) in [6.45, 7) is 0. The fourth-order valence-electron chi connectivity index (χ4n) is 1.75. The number of nitrogens with two attached hydrogens (primary N) is 1. The maximum atomic E-state index is 5.65. The van der Waals surface area contributed by atoms with Crippen LogP contribution in [-0.4, -0.2) is 27.0 Å². The third-order valence-electron chi connectivity index (χ3n) is 2.60. The first-order valence-electron chi connectivity index (χ1n) is 5.83. The van der Waals surface area contributed by atoms with Crippen molar-refractivity contribution in [2.75, 3.05) is 12.8 Å². The summed E-state index contributed by atoms with van der Waals surface area (Å²) in [5.41, 5.74) is 6.39. The Bertz CT molecular complexity index is 757. The van der Waals surface area contributed by atoms with Gasteiger partial charge in [0.2, 0.25) is 5.95 Å². The van der Waals surface area contributed by atoms with Crippen LogP contribution in [0.15, 0.2) is 36.5 Å². The van der Waals surface area contributed by atoms with Crippen molar-refractivity contribution in [2.24, 2.45) is 0 Å². The van der Waals surface area contributed by atoms with E-state index in [1.54, 1.807) is 12.3 Å². The number of methoxy groups -OCH3 is 1. The third-order valence-corrected chi connectivity index (χ3v) is 2.60. The van der Waals surface area contributed by atoms with Crippen LogP contribution < -0.4 is 15.2 Å². The summed E-state index contributed by atoms with van der Waals surface area (Å²) in [6, 6.07) is 9.45. The molecule has 0 unspecified atom stereocenters. The molecular weight excluding hydrogens is 258 g/mol. The molecule has 2 aromatic heterocycles. The van der Waals surface area contributed by atoms with E-state index in [1.807, 2.05) is 24.3 Å². The molecule has 0 radical (unpaired) electrons. The summed E-state index contributed by atoms with van der Waals surface area (Å²) in [7, 11) is 1.44. The van der Waals surface area contributed by atoms with E-state index >= 15 is 0 Å². The topological polar surface area (TPSA) is 96.0 Å². The van der Waals surface area contributed by atoms with Crippen LogP contribution in [0.5, 0.6) is 17.8 Å². The molecule has 7 heteroatoms. The second-order valence-electron chi connectivity index (χ2n) is 3.89. The number of nitrogens with zero attached hydrogens (tertiary/aromatic N) is 4. The number of ether oxygens (including phenoxy) is 2. The maximum Gasteiger partial charge on any atom is 0.330 e. The van der Waals surface area contributed by atoms with Crippen molar-refractivity contribution in [3.63, 3.8) is 0 Å². The van der Waals surface area contributed by atoms with Crippen LogP contribution in [-0.2, 0) is 0 Å². The lowest BCUT2D eigenvalue weighted by molar-refractivity contribution is 0.361. The number of hydrogen-bond acceptors (Lipinski definition) is 7. The number of aromatic nitrogens is 4. The molecule has 2 N–H and O–H groups in total. The summed E-state index contributed by atoms with van der Waals surface area (Å²) in [5.74, 6) is 0.619. The molecule has 3 rings (SSSR count). The van der Waals surface area contributed by atoms with Gasteiger partial charge in [-0.1, -0.05) is 6.07 Å². The molecule has 0 fully saturated rings. The normalized spacial score (nSPS) is 10.4. The Morgan fingerprint density at radius 1 is 1.00 bits per heavy atom. The average Bonchev–Trinajstić information content (AvgIpc) is 2.47. The van der Waals surface area contributed by atoms with Crippen LogP contribution in [0.3, 0.4) is 0 Å². The van der Waals surface area contributed by atoms with E-state index in [1.165, 1.54) is 7.11 Å². The molecular formula is C13H11N5O2. The zero-order valence-corrected chi connectivity index (χ0v) is 10.6. The van der Waals surface area contributed by atoms with Crippen LogP contribution in [0.2, 0.25) is 0 Å². The van der Waals surface area contributed by atoms with Crippen LogP contribution in [0.4, 0.5) is 5.95 Å². The quantitative estimate of drug-likeness (QED) is 0.774. The van der Waals surface area contributed by atoms with Gasteiger partial charge in [-0.2, -0.15) is 9.97 Å². The van der Waals surface area contributed by atoms with Gasteiger partial charge in [-0.05, 0) is 24.3 Å². The summed E-state index contributed by atoms with van der Waals surface area (Å²) in [6.07, 6.45) is 1.72. The second kappa shape index (κ2) is 4.96. The van der Waals surface area contributed by atoms with E-state index in [4.69, 9.17) is 15.2 Å². The molecule has 0 aliphatic heterocycles. The number of rotatable bonds is 3. The lowest BCUT2D eigenvalue weighted by Crippen LogP contribution is -2.03. The minimum atomic E-state index is 0.0326. The number of fused-ring (bicyclic) bond motifs is 1. The van der Waals surface area contributed by atoms with Gasteiger partial charge in [-0.15, -0.1) is 4.98 Å². The summed E-state index contributed by atoms with van der Waals surface area (Å²) in [4.78, 5) is 16.0. The predicted octanol–water partition coefficient (Wildman–Crippen LogP) is 1.80. The van der Waals surface area contributed by atoms with Crippen molar-refractivity contribution < 1.29 is 9.47 Å². The Hall–Kier alpha value is -2.96. The highest BCUT2D eigenvalue weighted by molar-refractivity contribution is 5.84. The number of benzene rings is 1. The lowest BCUT2D eigenvalue weighted by Gasteiger charge is -2.07. The van der Waals surface area contributed by atoms with Gasteiger partial charge >= 0.3 is 12.0 Å². The molecule has 0 atom stereocenters. The summed E-state index contributed by atoms with van der Waals surface area (Å²) >= 11 is 0. The minimum absolute atomic E-state index is 0.0326. The Balaban J connectivity index is 2.03. The van der Waals surface area contributed by atoms with Gasteiger partial charge in [-0.3, -0.25) is 4.98 Å². The molecule has 100 valence electrons. The molecule has 0 aliphatic rings. The first-order chi connectivity index (χ1) is 9.76. The zero-order valence-electron chi connectivity index (χ0n) is 10.6. The molecule has 3 aromatic rings. The minimum Gasteiger partial charge on any atom is -0.467 e. The summed E-state index contributed by atoms with van der Waals surface area (Å²) < 4.78 is 10.6. The largest absolute Gasteiger partial charge is 0.467 e. The Morgan fingerprint density at radius 3 is 2.70 bits per heavy atom. The van der Waals surface area contributed by atoms with Gasteiger partial charge in [0, 0.05) is 11.6 Å². The van der Waals surface area contributed by atoms with Gasteiger partial charge in [0.1, 0.15) is 5.75 Å². The first kappa shape index (κ1) is 12.1. The molecule has 0 saturated heterocycles.